The normalized spacial score (nSPS) is 29.2. The monoisotopic (exact) mass is 350 g/mol. The molecule has 1 aromatic carbocycles. The molecule has 2 aromatic rings. The molecule has 0 radical (unpaired) electrons. The molecule has 4 unspecified atom stereocenters. The number of fused-ring (bicyclic) bond motifs is 5. The number of nitrogens with zero attached hydrogens (tertiary/aromatic N) is 3. The lowest BCUT2D eigenvalue weighted by molar-refractivity contribution is 0.202. The van der Waals surface area contributed by atoms with Crippen LogP contribution in [0.15, 0.2) is 36.5 Å². The van der Waals surface area contributed by atoms with Crippen LogP contribution in [0.3, 0.4) is 0 Å². The summed E-state index contributed by atoms with van der Waals surface area (Å²) >= 11 is 0. The second-order valence-electron chi connectivity index (χ2n) is 8.27. The van der Waals surface area contributed by atoms with Crippen molar-refractivity contribution in [3.63, 3.8) is 0 Å². The third-order valence-corrected chi connectivity index (χ3v) is 6.81. The Labute approximate surface area is 154 Å². The minimum absolute atomic E-state index is 0.0849. The minimum atomic E-state index is 0.0849. The number of aryl methyl sites for hydroxylation is 1. The molecule has 5 rings (SSSR count). The Balaban J connectivity index is 1.25. The molecular weight excluding hydrogens is 324 g/mol. The van der Waals surface area contributed by atoms with Crippen LogP contribution in [0.1, 0.15) is 24.8 Å². The highest BCUT2D eigenvalue weighted by Crippen LogP contribution is 2.55. The Morgan fingerprint density at radius 1 is 1.15 bits per heavy atom. The Morgan fingerprint density at radius 3 is 2.54 bits per heavy atom. The van der Waals surface area contributed by atoms with Gasteiger partial charge in [-0.25, -0.2) is 4.79 Å². The first-order valence-corrected chi connectivity index (χ1v) is 9.80. The van der Waals surface area contributed by atoms with E-state index >= 15 is 0 Å². The first kappa shape index (κ1) is 15.9. The molecule has 3 fully saturated rings. The molecule has 2 bridgehead atoms. The molecule has 1 aliphatic heterocycles. The topological polar surface area (TPSA) is 50.2 Å². The van der Waals surface area contributed by atoms with Crippen LogP contribution in [0.4, 0.5) is 4.79 Å². The van der Waals surface area contributed by atoms with Crippen molar-refractivity contribution < 1.29 is 4.79 Å². The second kappa shape index (κ2) is 6.15. The summed E-state index contributed by atoms with van der Waals surface area (Å²) in [6.45, 7) is 2.43. The van der Waals surface area contributed by atoms with Gasteiger partial charge in [-0.1, -0.05) is 30.3 Å². The van der Waals surface area contributed by atoms with Gasteiger partial charge in [0.05, 0.1) is 5.69 Å². The van der Waals surface area contributed by atoms with E-state index in [0.29, 0.717) is 6.54 Å². The molecule has 136 valence electrons. The van der Waals surface area contributed by atoms with E-state index in [4.69, 9.17) is 0 Å². The minimum Gasteiger partial charge on any atom is -0.334 e. The molecular formula is C21H26N4O. The summed E-state index contributed by atoms with van der Waals surface area (Å²) in [6.07, 6.45) is 6.19. The number of amides is 2. The van der Waals surface area contributed by atoms with Crippen LogP contribution in [0, 0.1) is 23.7 Å². The smallest absolute Gasteiger partial charge is 0.317 e. The van der Waals surface area contributed by atoms with Gasteiger partial charge in [-0.05, 0) is 42.9 Å². The summed E-state index contributed by atoms with van der Waals surface area (Å²) in [6, 6.07) is 10.2. The average Bonchev–Trinajstić information content (AvgIpc) is 3.41. The van der Waals surface area contributed by atoms with Crippen LogP contribution in [-0.4, -0.2) is 33.8 Å². The Bertz CT molecular complexity index is 797. The van der Waals surface area contributed by atoms with Gasteiger partial charge in [0.25, 0.3) is 0 Å². The number of carbonyl (C=O) groups excluding carboxylic acids is 1. The van der Waals surface area contributed by atoms with E-state index in [9.17, 15) is 4.79 Å². The molecule has 5 heteroatoms. The van der Waals surface area contributed by atoms with Crippen LogP contribution in [-0.2, 0) is 13.6 Å². The third kappa shape index (κ3) is 2.61. The SMILES string of the molecule is Cn1cc(CNC(=O)N2CC3C4CCC(C4)C3C2)c(-c2ccccc2)n1. The zero-order valence-electron chi connectivity index (χ0n) is 15.3. The zero-order chi connectivity index (χ0) is 17.7. The largest absolute Gasteiger partial charge is 0.334 e. The van der Waals surface area contributed by atoms with Crippen molar-refractivity contribution in [1.29, 1.82) is 0 Å². The number of benzene rings is 1. The Morgan fingerprint density at radius 2 is 1.85 bits per heavy atom. The van der Waals surface area contributed by atoms with Crippen molar-refractivity contribution in [2.45, 2.75) is 25.8 Å². The first-order chi connectivity index (χ1) is 12.7. The lowest BCUT2D eigenvalue weighted by Gasteiger charge is -2.22. The maximum atomic E-state index is 12.7. The predicted molar refractivity (Wildman–Crippen MR) is 100 cm³/mol. The van der Waals surface area contributed by atoms with E-state index in [1.807, 2.05) is 36.1 Å². The third-order valence-electron chi connectivity index (χ3n) is 6.81. The van der Waals surface area contributed by atoms with E-state index in [-0.39, 0.29) is 6.03 Å². The van der Waals surface area contributed by atoms with E-state index in [2.05, 4.69) is 27.4 Å². The van der Waals surface area contributed by atoms with E-state index in [1.54, 1.807) is 0 Å². The van der Waals surface area contributed by atoms with Crippen LogP contribution < -0.4 is 5.32 Å². The lowest BCUT2D eigenvalue weighted by atomic mass is 9.82. The van der Waals surface area contributed by atoms with Crippen LogP contribution in [0.5, 0.6) is 0 Å². The fraction of sp³-hybridized carbons (Fsp3) is 0.524. The van der Waals surface area contributed by atoms with E-state index in [1.165, 1.54) is 19.3 Å². The number of likely N-dealkylation sites (tertiary alicyclic amines) is 1. The van der Waals surface area contributed by atoms with Gasteiger partial charge in [-0.2, -0.15) is 5.10 Å². The fourth-order valence-electron chi connectivity index (χ4n) is 5.64. The van der Waals surface area contributed by atoms with Crippen LogP contribution in [0.25, 0.3) is 11.3 Å². The van der Waals surface area contributed by atoms with Crippen molar-refractivity contribution in [1.82, 2.24) is 20.0 Å². The number of rotatable bonds is 3. The molecule has 26 heavy (non-hydrogen) atoms. The molecule has 4 atom stereocenters. The van der Waals surface area contributed by atoms with Gasteiger partial charge >= 0.3 is 6.03 Å². The average molecular weight is 350 g/mol. The van der Waals surface area contributed by atoms with E-state index in [0.717, 1.165) is 53.6 Å². The molecule has 2 saturated carbocycles. The van der Waals surface area contributed by atoms with Crippen molar-refractivity contribution in [3.05, 3.63) is 42.1 Å². The molecule has 2 aliphatic carbocycles. The van der Waals surface area contributed by atoms with Crippen LogP contribution >= 0.6 is 0 Å². The molecule has 2 amide bonds. The van der Waals surface area contributed by atoms with Crippen molar-refractivity contribution in [2.24, 2.45) is 30.7 Å². The van der Waals surface area contributed by atoms with Gasteiger partial charge in [0.2, 0.25) is 0 Å². The Hall–Kier alpha value is -2.30. The number of hydrogen-bond donors (Lipinski definition) is 1. The van der Waals surface area contributed by atoms with Gasteiger partial charge in [-0.15, -0.1) is 0 Å². The summed E-state index contributed by atoms with van der Waals surface area (Å²) in [5.41, 5.74) is 3.10. The number of nitrogens with one attached hydrogen (secondary N) is 1. The van der Waals surface area contributed by atoms with Crippen molar-refractivity contribution >= 4 is 6.03 Å². The highest BCUT2D eigenvalue weighted by atomic mass is 16.2. The molecule has 2 heterocycles. The lowest BCUT2D eigenvalue weighted by Crippen LogP contribution is -2.39. The van der Waals surface area contributed by atoms with Crippen molar-refractivity contribution in [3.8, 4) is 11.3 Å². The summed E-state index contributed by atoms with van der Waals surface area (Å²) in [4.78, 5) is 14.8. The van der Waals surface area contributed by atoms with Gasteiger partial charge in [-0.3, -0.25) is 4.68 Å². The van der Waals surface area contributed by atoms with Gasteiger partial charge in [0.15, 0.2) is 0 Å². The van der Waals surface area contributed by atoms with Gasteiger partial charge in [0, 0.05) is 44.0 Å². The number of urea groups is 1. The number of hydrogen-bond acceptors (Lipinski definition) is 2. The fourth-order valence-corrected chi connectivity index (χ4v) is 5.64. The predicted octanol–water partition coefficient (Wildman–Crippen LogP) is 3.27. The van der Waals surface area contributed by atoms with E-state index < -0.39 is 0 Å². The highest BCUT2D eigenvalue weighted by Gasteiger charge is 2.52. The number of aromatic nitrogens is 2. The first-order valence-electron chi connectivity index (χ1n) is 9.80. The summed E-state index contributed by atoms with van der Waals surface area (Å²) in [7, 11) is 1.93. The van der Waals surface area contributed by atoms with Crippen molar-refractivity contribution in [2.75, 3.05) is 13.1 Å². The molecule has 5 nitrogen and oxygen atoms in total. The molecule has 3 aliphatic rings. The zero-order valence-corrected chi connectivity index (χ0v) is 15.3. The molecule has 0 spiro atoms. The molecule has 1 aromatic heterocycles. The standard InChI is InChI=1S/C21H26N4O/c1-24-11-17(20(23-24)14-5-3-2-4-6-14)10-22-21(26)25-12-18-15-7-8-16(9-15)19(18)13-25/h2-6,11,15-16,18-19H,7-10,12-13H2,1H3,(H,22,26). The maximum Gasteiger partial charge on any atom is 0.317 e. The number of carbonyl (C=O) groups is 1. The van der Waals surface area contributed by atoms with Crippen LogP contribution in [0.2, 0.25) is 0 Å². The summed E-state index contributed by atoms with van der Waals surface area (Å²) in [5, 5.41) is 7.72. The molecule has 1 N–H and O–H groups in total. The summed E-state index contributed by atoms with van der Waals surface area (Å²) in [5.74, 6) is 3.28. The van der Waals surface area contributed by atoms with Gasteiger partial charge in [0.1, 0.15) is 0 Å². The summed E-state index contributed by atoms with van der Waals surface area (Å²) < 4.78 is 1.82. The maximum absolute atomic E-state index is 12.7. The Kier molecular flexibility index (Phi) is 3.76. The quantitative estimate of drug-likeness (QED) is 0.924. The highest BCUT2D eigenvalue weighted by molar-refractivity contribution is 5.75. The van der Waals surface area contributed by atoms with Gasteiger partial charge < -0.3 is 10.2 Å². The molecule has 1 saturated heterocycles. The second-order valence-corrected chi connectivity index (χ2v) is 8.27.